The fraction of sp³-hybridized carbons (Fsp3) is 0.481. The highest BCUT2D eigenvalue weighted by Gasteiger charge is 2.44. The summed E-state index contributed by atoms with van der Waals surface area (Å²) in [5, 5.41) is 2.81. The number of ether oxygens (including phenoxy) is 3. The highest BCUT2D eigenvalue weighted by atomic mass is 16.6. The lowest BCUT2D eigenvalue weighted by molar-refractivity contribution is -0.149. The first-order chi connectivity index (χ1) is 15.7. The molecule has 2 aromatic rings. The summed E-state index contributed by atoms with van der Waals surface area (Å²) in [6.07, 6.45) is 5.46. The van der Waals surface area contributed by atoms with Crippen molar-refractivity contribution < 1.29 is 23.8 Å². The third kappa shape index (κ3) is 5.32. The molecule has 0 spiro atoms. The van der Waals surface area contributed by atoms with Gasteiger partial charge in [0.25, 0.3) is 0 Å². The van der Waals surface area contributed by atoms with E-state index in [9.17, 15) is 9.59 Å². The number of esters is 1. The Morgan fingerprint density at radius 3 is 2.12 bits per heavy atom. The van der Waals surface area contributed by atoms with Gasteiger partial charge in [0.15, 0.2) is 0 Å². The maximum Gasteiger partial charge on any atom is 0.408 e. The van der Waals surface area contributed by atoms with Crippen LogP contribution >= 0.6 is 0 Å². The summed E-state index contributed by atoms with van der Waals surface area (Å²) in [5.41, 5.74) is 3.04. The number of amides is 1. The van der Waals surface area contributed by atoms with Gasteiger partial charge in [-0.2, -0.15) is 0 Å². The summed E-state index contributed by atoms with van der Waals surface area (Å²) in [6.45, 7) is 5.37. The van der Waals surface area contributed by atoms with E-state index in [4.69, 9.17) is 14.2 Å². The molecule has 0 radical (unpaired) electrons. The van der Waals surface area contributed by atoms with E-state index in [0.717, 1.165) is 29.7 Å². The number of hydrogen-bond acceptors (Lipinski definition) is 5. The molecule has 0 aromatic heterocycles. The quantitative estimate of drug-likeness (QED) is 0.640. The van der Waals surface area contributed by atoms with Gasteiger partial charge in [-0.05, 0) is 106 Å². The standard InChI is InChI=1S/C27H33NO5/c1-26(2,3)33-25(30)28-27(24(29)31-4)14-13-19-10-12-23(16-21(19)17-27)32-22-11-9-18-7-5-6-8-20(18)15-22/h9-12,15-16H,5-8,13-14,17H2,1-4H3,(H,28,30). The molecule has 1 atom stereocenters. The zero-order valence-electron chi connectivity index (χ0n) is 20.0. The number of benzene rings is 2. The molecule has 2 aromatic carbocycles. The molecule has 4 rings (SSSR count). The minimum Gasteiger partial charge on any atom is -0.467 e. The number of rotatable bonds is 4. The fourth-order valence-electron chi connectivity index (χ4n) is 4.77. The molecule has 0 saturated heterocycles. The maximum absolute atomic E-state index is 12.8. The Morgan fingerprint density at radius 2 is 1.48 bits per heavy atom. The normalized spacial score (nSPS) is 19.6. The van der Waals surface area contributed by atoms with Crippen LogP contribution in [0.25, 0.3) is 0 Å². The highest BCUT2D eigenvalue weighted by Crippen LogP contribution is 2.35. The van der Waals surface area contributed by atoms with Gasteiger partial charge >= 0.3 is 12.1 Å². The van der Waals surface area contributed by atoms with Crippen molar-refractivity contribution in [2.75, 3.05) is 7.11 Å². The van der Waals surface area contributed by atoms with Gasteiger partial charge in [-0.1, -0.05) is 12.1 Å². The zero-order chi connectivity index (χ0) is 23.6. The lowest BCUT2D eigenvalue weighted by atomic mass is 9.78. The van der Waals surface area contributed by atoms with Crippen LogP contribution in [0.15, 0.2) is 36.4 Å². The fourth-order valence-corrected chi connectivity index (χ4v) is 4.77. The van der Waals surface area contributed by atoms with Gasteiger partial charge in [0.05, 0.1) is 7.11 Å². The van der Waals surface area contributed by atoms with Crippen molar-refractivity contribution in [3.8, 4) is 11.5 Å². The van der Waals surface area contributed by atoms with E-state index in [-0.39, 0.29) is 0 Å². The third-order valence-corrected chi connectivity index (χ3v) is 6.36. The summed E-state index contributed by atoms with van der Waals surface area (Å²) < 4.78 is 16.7. The van der Waals surface area contributed by atoms with Crippen LogP contribution in [-0.4, -0.2) is 30.3 Å². The van der Waals surface area contributed by atoms with E-state index in [0.29, 0.717) is 25.0 Å². The van der Waals surface area contributed by atoms with Crippen molar-refractivity contribution in [3.05, 3.63) is 58.7 Å². The van der Waals surface area contributed by atoms with Crippen LogP contribution in [-0.2, 0) is 40.0 Å². The van der Waals surface area contributed by atoms with E-state index in [2.05, 4.69) is 17.4 Å². The third-order valence-electron chi connectivity index (χ3n) is 6.36. The van der Waals surface area contributed by atoms with E-state index < -0.39 is 23.2 Å². The maximum atomic E-state index is 12.8. The summed E-state index contributed by atoms with van der Waals surface area (Å²) in [4.78, 5) is 25.3. The molecule has 6 heteroatoms. The van der Waals surface area contributed by atoms with Crippen molar-refractivity contribution in [2.45, 2.75) is 76.9 Å². The van der Waals surface area contributed by atoms with Gasteiger partial charge in [-0.25, -0.2) is 9.59 Å². The van der Waals surface area contributed by atoms with Gasteiger partial charge in [-0.3, -0.25) is 0 Å². The van der Waals surface area contributed by atoms with Crippen molar-refractivity contribution in [3.63, 3.8) is 0 Å². The van der Waals surface area contributed by atoms with Gasteiger partial charge in [0.1, 0.15) is 22.6 Å². The van der Waals surface area contributed by atoms with Crippen LogP contribution in [0.1, 0.15) is 62.3 Å². The minimum atomic E-state index is -1.17. The Labute approximate surface area is 195 Å². The van der Waals surface area contributed by atoms with Crippen LogP contribution in [0.5, 0.6) is 11.5 Å². The Hall–Kier alpha value is -3.02. The van der Waals surface area contributed by atoms with E-state index >= 15 is 0 Å². The highest BCUT2D eigenvalue weighted by molar-refractivity contribution is 5.86. The Morgan fingerprint density at radius 1 is 0.879 bits per heavy atom. The molecule has 1 N–H and O–H groups in total. The number of alkyl carbamates (subject to hydrolysis) is 1. The van der Waals surface area contributed by atoms with Crippen LogP contribution in [0, 0.1) is 0 Å². The largest absolute Gasteiger partial charge is 0.467 e. The monoisotopic (exact) mass is 451 g/mol. The average molecular weight is 452 g/mol. The summed E-state index contributed by atoms with van der Waals surface area (Å²) in [6, 6.07) is 12.3. The Balaban J connectivity index is 1.55. The second kappa shape index (κ2) is 9.08. The Kier molecular flexibility index (Phi) is 6.37. The summed E-state index contributed by atoms with van der Waals surface area (Å²) >= 11 is 0. The minimum absolute atomic E-state index is 0.315. The van der Waals surface area contributed by atoms with Crippen molar-refractivity contribution >= 4 is 12.1 Å². The number of carbonyl (C=O) groups excluding carboxylic acids is 2. The number of nitrogens with one attached hydrogen (secondary N) is 1. The van der Waals surface area contributed by atoms with Crippen LogP contribution in [0.4, 0.5) is 4.79 Å². The van der Waals surface area contributed by atoms with E-state index in [1.165, 1.54) is 31.1 Å². The summed E-state index contributed by atoms with van der Waals surface area (Å²) in [7, 11) is 1.34. The molecule has 6 nitrogen and oxygen atoms in total. The molecule has 0 saturated carbocycles. The molecule has 0 fully saturated rings. The van der Waals surface area contributed by atoms with E-state index in [1.807, 2.05) is 24.3 Å². The first kappa shape index (κ1) is 23.1. The smallest absolute Gasteiger partial charge is 0.408 e. The summed E-state index contributed by atoms with van der Waals surface area (Å²) in [5.74, 6) is 1.06. The van der Waals surface area contributed by atoms with E-state index in [1.54, 1.807) is 20.8 Å². The van der Waals surface area contributed by atoms with Gasteiger partial charge in [0.2, 0.25) is 0 Å². The SMILES string of the molecule is COC(=O)C1(NC(=O)OC(C)(C)C)CCc2ccc(Oc3ccc4c(c3)CCCC4)cc2C1. The number of methoxy groups -OCH3 is 1. The molecular formula is C27H33NO5. The van der Waals surface area contributed by atoms with Crippen LogP contribution in [0.2, 0.25) is 0 Å². The van der Waals surface area contributed by atoms with Gasteiger partial charge < -0.3 is 19.5 Å². The van der Waals surface area contributed by atoms with Gasteiger partial charge in [0, 0.05) is 6.42 Å². The van der Waals surface area contributed by atoms with Crippen LogP contribution < -0.4 is 10.1 Å². The topological polar surface area (TPSA) is 73.9 Å². The molecule has 176 valence electrons. The average Bonchev–Trinajstić information content (AvgIpc) is 2.76. The first-order valence-corrected chi connectivity index (χ1v) is 11.7. The van der Waals surface area contributed by atoms with Gasteiger partial charge in [-0.15, -0.1) is 0 Å². The van der Waals surface area contributed by atoms with Crippen molar-refractivity contribution in [1.82, 2.24) is 5.32 Å². The van der Waals surface area contributed by atoms with Crippen molar-refractivity contribution in [2.24, 2.45) is 0 Å². The number of fused-ring (bicyclic) bond motifs is 2. The predicted octanol–water partition coefficient (Wildman–Crippen LogP) is 5.28. The second-order valence-electron chi connectivity index (χ2n) is 10.0. The number of aryl methyl sites for hydroxylation is 3. The molecule has 0 bridgehead atoms. The Bertz CT molecular complexity index is 1050. The van der Waals surface area contributed by atoms with Crippen LogP contribution in [0.3, 0.4) is 0 Å². The molecule has 2 aliphatic rings. The zero-order valence-corrected chi connectivity index (χ0v) is 20.0. The number of hydrogen-bond donors (Lipinski definition) is 1. The lowest BCUT2D eigenvalue weighted by Gasteiger charge is -2.36. The second-order valence-corrected chi connectivity index (χ2v) is 10.0. The molecule has 2 aliphatic carbocycles. The molecule has 1 amide bonds. The lowest BCUT2D eigenvalue weighted by Crippen LogP contribution is -2.59. The first-order valence-electron chi connectivity index (χ1n) is 11.7. The number of carbonyl (C=O) groups is 2. The molecule has 0 aliphatic heterocycles. The molecule has 1 unspecified atom stereocenters. The van der Waals surface area contributed by atoms with Crippen molar-refractivity contribution in [1.29, 1.82) is 0 Å². The molecular weight excluding hydrogens is 418 g/mol. The predicted molar refractivity (Wildman–Crippen MR) is 126 cm³/mol. The molecule has 33 heavy (non-hydrogen) atoms. The molecule has 0 heterocycles.